The van der Waals surface area contributed by atoms with Crippen LogP contribution < -0.4 is 0 Å². The first kappa shape index (κ1) is 16.8. The molecular formula is C16H26N4O2S. The second-order valence-electron chi connectivity index (χ2n) is 6.43. The van der Waals surface area contributed by atoms with E-state index in [2.05, 4.69) is 20.2 Å². The van der Waals surface area contributed by atoms with E-state index in [-0.39, 0.29) is 12.0 Å². The van der Waals surface area contributed by atoms with Gasteiger partial charge < -0.3 is 9.64 Å². The number of rotatable bonds is 4. The Labute approximate surface area is 142 Å². The van der Waals surface area contributed by atoms with Gasteiger partial charge in [-0.15, -0.1) is 11.3 Å². The smallest absolute Gasteiger partial charge is 0.236 e. The molecule has 1 atom stereocenters. The number of amides is 1. The Bertz CT molecular complexity index is 528. The lowest BCUT2D eigenvalue weighted by molar-refractivity contribution is -0.139. The van der Waals surface area contributed by atoms with Crippen molar-refractivity contribution in [3.05, 3.63) is 16.1 Å². The summed E-state index contributed by atoms with van der Waals surface area (Å²) < 4.78 is 5.50. The van der Waals surface area contributed by atoms with Crippen molar-refractivity contribution in [2.75, 3.05) is 52.4 Å². The molecule has 0 aromatic carbocycles. The summed E-state index contributed by atoms with van der Waals surface area (Å²) in [6, 6.07) is 0. The molecule has 1 amide bonds. The molecule has 1 unspecified atom stereocenters. The number of hydrogen-bond acceptors (Lipinski definition) is 6. The van der Waals surface area contributed by atoms with Gasteiger partial charge >= 0.3 is 0 Å². The fraction of sp³-hybridized carbons (Fsp3) is 0.750. The molecule has 2 aliphatic heterocycles. The molecule has 23 heavy (non-hydrogen) atoms. The van der Waals surface area contributed by atoms with Gasteiger partial charge in [0.15, 0.2) is 0 Å². The first-order valence-electron chi connectivity index (χ1n) is 8.35. The first-order valence-corrected chi connectivity index (χ1v) is 9.23. The molecule has 2 fully saturated rings. The summed E-state index contributed by atoms with van der Waals surface area (Å²) in [5.74, 6) is 0.240. The SMILES string of the molecule is Cc1nc(CN2CCN(CC(=O)N3CCOC(C)C3)CC2)cs1. The number of ether oxygens (including phenoxy) is 1. The van der Waals surface area contributed by atoms with E-state index in [0.29, 0.717) is 13.2 Å². The summed E-state index contributed by atoms with van der Waals surface area (Å²) in [7, 11) is 0. The molecule has 0 saturated carbocycles. The molecule has 3 rings (SSSR count). The molecule has 3 heterocycles. The van der Waals surface area contributed by atoms with Crippen LogP contribution in [0.2, 0.25) is 0 Å². The number of hydrogen-bond donors (Lipinski definition) is 0. The van der Waals surface area contributed by atoms with E-state index in [4.69, 9.17) is 4.74 Å². The number of carbonyl (C=O) groups is 1. The molecule has 0 spiro atoms. The van der Waals surface area contributed by atoms with Crippen LogP contribution in [-0.4, -0.2) is 84.1 Å². The van der Waals surface area contributed by atoms with Crippen LogP contribution >= 0.6 is 11.3 Å². The van der Waals surface area contributed by atoms with Crippen LogP contribution in [0.1, 0.15) is 17.6 Å². The standard InChI is InChI=1S/C16H26N4O2S/c1-13-9-20(7-8-22-13)16(21)11-19-5-3-18(4-6-19)10-15-12-23-14(2)17-15/h12-13H,3-11H2,1-2H3. The summed E-state index contributed by atoms with van der Waals surface area (Å²) in [4.78, 5) is 23.6. The van der Waals surface area contributed by atoms with Gasteiger partial charge in [-0.1, -0.05) is 0 Å². The molecule has 2 aliphatic rings. The van der Waals surface area contributed by atoms with E-state index in [9.17, 15) is 4.79 Å². The molecule has 128 valence electrons. The van der Waals surface area contributed by atoms with Crippen molar-refractivity contribution in [1.82, 2.24) is 19.7 Å². The molecule has 7 heteroatoms. The largest absolute Gasteiger partial charge is 0.375 e. The van der Waals surface area contributed by atoms with Gasteiger partial charge in [-0.05, 0) is 13.8 Å². The maximum Gasteiger partial charge on any atom is 0.236 e. The van der Waals surface area contributed by atoms with Crippen LogP contribution in [0, 0.1) is 6.92 Å². The predicted octanol–water partition coefficient (Wildman–Crippen LogP) is 0.816. The van der Waals surface area contributed by atoms with Crippen molar-refractivity contribution in [2.24, 2.45) is 0 Å². The fourth-order valence-corrected chi connectivity index (χ4v) is 3.76. The van der Waals surface area contributed by atoms with Gasteiger partial charge in [-0.3, -0.25) is 14.6 Å². The quantitative estimate of drug-likeness (QED) is 0.813. The number of piperazine rings is 1. The van der Waals surface area contributed by atoms with Gasteiger partial charge in [0.1, 0.15) is 0 Å². The van der Waals surface area contributed by atoms with Crippen molar-refractivity contribution >= 4 is 17.2 Å². The molecule has 0 aliphatic carbocycles. The molecule has 2 saturated heterocycles. The minimum atomic E-state index is 0.158. The second kappa shape index (κ2) is 7.70. The molecule has 1 aromatic heterocycles. The van der Waals surface area contributed by atoms with Gasteiger partial charge in [-0.25, -0.2) is 4.98 Å². The Kier molecular flexibility index (Phi) is 5.63. The highest BCUT2D eigenvalue weighted by Gasteiger charge is 2.25. The highest BCUT2D eigenvalue weighted by atomic mass is 32.1. The first-order chi connectivity index (χ1) is 11.1. The van der Waals surface area contributed by atoms with Gasteiger partial charge in [0.25, 0.3) is 0 Å². The van der Waals surface area contributed by atoms with Crippen LogP contribution in [0.3, 0.4) is 0 Å². The minimum absolute atomic E-state index is 0.158. The van der Waals surface area contributed by atoms with Crippen LogP contribution in [0.5, 0.6) is 0 Å². The zero-order valence-corrected chi connectivity index (χ0v) is 14.8. The lowest BCUT2D eigenvalue weighted by Crippen LogP contribution is -2.52. The third kappa shape index (κ3) is 4.73. The summed E-state index contributed by atoms with van der Waals surface area (Å²) in [6.07, 6.45) is 0.158. The van der Waals surface area contributed by atoms with Crippen molar-refractivity contribution in [3.63, 3.8) is 0 Å². The number of morpholine rings is 1. The van der Waals surface area contributed by atoms with Crippen LogP contribution in [0.15, 0.2) is 5.38 Å². The fourth-order valence-electron chi connectivity index (χ4n) is 3.15. The average Bonchev–Trinajstić information content (AvgIpc) is 2.94. The lowest BCUT2D eigenvalue weighted by Gasteiger charge is -2.36. The third-order valence-corrected chi connectivity index (χ3v) is 5.29. The molecule has 6 nitrogen and oxygen atoms in total. The number of carbonyl (C=O) groups excluding carboxylic acids is 1. The van der Waals surface area contributed by atoms with E-state index in [1.807, 2.05) is 18.7 Å². The molecule has 0 radical (unpaired) electrons. The number of thiazole rings is 1. The highest BCUT2D eigenvalue weighted by Crippen LogP contribution is 2.12. The predicted molar refractivity (Wildman–Crippen MR) is 90.6 cm³/mol. The van der Waals surface area contributed by atoms with Gasteiger partial charge in [-0.2, -0.15) is 0 Å². The van der Waals surface area contributed by atoms with Crippen LogP contribution in [0.25, 0.3) is 0 Å². The molecular weight excluding hydrogens is 312 g/mol. The Morgan fingerprint density at radius 3 is 2.70 bits per heavy atom. The monoisotopic (exact) mass is 338 g/mol. The molecule has 0 bridgehead atoms. The summed E-state index contributed by atoms with van der Waals surface area (Å²) in [5, 5.41) is 3.27. The van der Waals surface area contributed by atoms with Crippen molar-refractivity contribution in [3.8, 4) is 0 Å². The van der Waals surface area contributed by atoms with Crippen molar-refractivity contribution < 1.29 is 9.53 Å². The zero-order valence-electron chi connectivity index (χ0n) is 14.0. The van der Waals surface area contributed by atoms with Crippen molar-refractivity contribution in [2.45, 2.75) is 26.5 Å². The normalized spacial score (nSPS) is 24.1. The maximum absolute atomic E-state index is 12.4. The minimum Gasteiger partial charge on any atom is -0.375 e. The average molecular weight is 338 g/mol. The number of aryl methyl sites for hydroxylation is 1. The Hall–Kier alpha value is -1.02. The summed E-state index contributed by atoms with van der Waals surface area (Å²) in [5.41, 5.74) is 1.17. The second-order valence-corrected chi connectivity index (χ2v) is 7.49. The topological polar surface area (TPSA) is 48.9 Å². The highest BCUT2D eigenvalue weighted by molar-refractivity contribution is 7.09. The maximum atomic E-state index is 12.4. The number of aromatic nitrogens is 1. The summed E-state index contributed by atoms with van der Waals surface area (Å²) in [6.45, 7) is 11.6. The number of nitrogens with zero attached hydrogens (tertiary/aromatic N) is 4. The van der Waals surface area contributed by atoms with E-state index in [1.165, 1.54) is 5.69 Å². The van der Waals surface area contributed by atoms with Gasteiger partial charge in [0.2, 0.25) is 5.91 Å². The van der Waals surface area contributed by atoms with E-state index in [0.717, 1.165) is 50.8 Å². The van der Waals surface area contributed by atoms with Gasteiger partial charge in [0.05, 0.1) is 30.0 Å². The molecule has 1 aromatic rings. The summed E-state index contributed by atoms with van der Waals surface area (Å²) >= 11 is 1.71. The van der Waals surface area contributed by atoms with Crippen LogP contribution in [-0.2, 0) is 16.1 Å². The van der Waals surface area contributed by atoms with E-state index in [1.54, 1.807) is 11.3 Å². The Morgan fingerprint density at radius 2 is 2.04 bits per heavy atom. The lowest BCUT2D eigenvalue weighted by atomic mass is 10.2. The molecule has 0 N–H and O–H groups in total. The zero-order chi connectivity index (χ0) is 16.2. The van der Waals surface area contributed by atoms with Gasteiger partial charge in [0, 0.05) is 51.2 Å². The van der Waals surface area contributed by atoms with E-state index >= 15 is 0 Å². The Morgan fingerprint density at radius 1 is 1.30 bits per heavy atom. The van der Waals surface area contributed by atoms with Crippen LogP contribution in [0.4, 0.5) is 0 Å². The van der Waals surface area contributed by atoms with E-state index < -0.39 is 0 Å². The van der Waals surface area contributed by atoms with Crippen molar-refractivity contribution in [1.29, 1.82) is 0 Å². The Balaban J connectivity index is 1.41. The third-order valence-electron chi connectivity index (χ3n) is 4.47.